The molecule has 1 aliphatic heterocycles. The van der Waals surface area contributed by atoms with Crippen LogP contribution in [-0.2, 0) is 11.3 Å². The smallest absolute Gasteiger partial charge is 0.258 e. The van der Waals surface area contributed by atoms with Gasteiger partial charge in [0.25, 0.3) is 5.56 Å². The lowest BCUT2D eigenvalue weighted by atomic mass is 10.1. The zero-order valence-electron chi connectivity index (χ0n) is 15.4. The van der Waals surface area contributed by atoms with Crippen molar-refractivity contribution in [2.45, 2.75) is 53.5 Å². The van der Waals surface area contributed by atoms with E-state index in [1.54, 1.807) is 11.6 Å². The second kappa shape index (κ2) is 6.82. The number of carbonyl (C=O) groups is 1. The van der Waals surface area contributed by atoms with E-state index in [-0.39, 0.29) is 18.0 Å². The topological polar surface area (TPSA) is 73.0 Å². The van der Waals surface area contributed by atoms with Crippen LogP contribution in [0.3, 0.4) is 0 Å². The van der Waals surface area contributed by atoms with Gasteiger partial charge in [-0.05, 0) is 53.0 Å². The van der Waals surface area contributed by atoms with Gasteiger partial charge in [0, 0.05) is 30.0 Å². The lowest BCUT2D eigenvalue weighted by molar-refractivity contribution is -0.132. The first kappa shape index (κ1) is 17.4. The number of aromatic nitrogens is 4. The highest BCUT2D eigenvalue weighted by atomic mass is 16.2. The van der Waals surface area contributed by atoms with Crippen LogP contribution >= 0.6 is 0 Å². The Balaban J connectivity index is 2.05. The van der Waals surface area contributed by atoms with E-state index in [0.717, 1.165) is 43.7 Å². The van der Waals surface area contributed by atoms with Crippen molar-refractivity contribution in [1.82, 2.24) is 24.2 Å². The van der Waals surface area contributed by atoms with Crippen LogP contribution in [0.4, 0.5) is 0 Å². The molecule has 0 saturated carbocycles. The fourth-order valence-corrected chi connectivity index (χ4v) is 3.26. The van der Waals surface area contributed by atoms with E-state index in [2.05, 4.69) is 10.1 Å². The Bertz CT molecular complexity index is 859. The predicted octanol–water partition coefficient (Wildman–Crippen LogP) is 1.68. The van der Waals surface area contributed by atoms with Crippen LogP contribution in [0.15, 0.2) is 10.9 Å². The molecule has 0 unspecified atom stereocenters. The quantitative estimate of drug-likeness (QED) is 0.850. The molecule has 0 radical (unpaired) electrons. The molecule has 2 aromatic rings. The lowest BCUT2D eigenvalue weighted by Crippen LogP contribution is -2.41. The van der Waals surface area contributed by atoms with Crippen molar-refractivity contribution in [2.24, 2.45) is 0 Å². The van der Waals surface area contributed by atoms with Gasteiger partial charge in [0.1, 0.15) is 6.54 Å². The van der Waals surface area contributed by atoms with Crippen LogP contribution < -0.4 is 5.56 Å². The predicted molar refractivity (Wildman–Crippen MR) is 95.0 cm³/mol. The Hall–Kier alpha value is -2.44. The van der Waals surface area contributed by atoms with Gasteiger partial charge in [0.05, 0.1) is 5.69 Å². The van der Waals surface area contributed by atoms with E-state index in [0.29, 0.717) is 17.2 Å². The summed E-state index contributed by atoms with van der Waals surface area (Å²) in [5.41, 5.74) is 2.78. The highest BCUT2D eigenvalue weighted by molar-refractivity contribution is 5.76. The molecule has 3 heterocycles. The summed E-state index contributed by atoms with van der Waals surface area (Å²) in [4.78, 5) is 31.9. The molecule has 3 rings (SSSR count). The molecule has 7 nitrogen and oxygen atoms in total. The molecule has 1 saturated heterocycles. The zero-order valence-corrected chi connectivity index (χ0v) is 15.4. The maximum Gasteiger partial charge on any atom is 0.258 e. The number of carbonyl (C=O) groups excluding carboxylic acids is 1. The van der Waals surface area contributed by atoms with Crippen LogP contribution in [0.25, 0.3) is 5.95 Å². The number of hydrogen-bond acceptors (Lipinski definition) is 4. The Kier molecular flexibility index (Phi) is 4.74. The van der Waals surface area contributed by atoms with Gasteiger partial charge < -0.3 is 4.90 Å². The number of likely N-dealkylation sites (tertiary alicyclic amines) is 1. The van der Waals surface area contributed by atoms with E-state index in [9.17, 15) is 9.59 Å². The molecule has 1 amide bonds. The molecule has 134 valence electrons. The molecular weight excluding hydrogens is 318 g/mol. The van der Waals surface area contributed by atoms with E-state index in [1.807, 2.05) is 31.7 Å². The molecule has 0 aliphatic carbocycles. The molecular formula is C18H25N5O2. The maximum atomic E-state index is 12.8. The number of hydrogen-bond donors (Lipinski definition) is 0. The first-order valence-electron chi connectivity index (χ1n) is 8.78. The minimum atomic E-state index is -0.180. The fourth-order valence-electron chi connectivity index (χ4n) is 3.26. The van der Waals surface area contributed by atoms with Gasteiger partial charge in [-0.3, -0.25) is 14.2 Å². The summed E-state index contributed by atoms with van der Waals surface area (Å²) < 4.78 is 3.10. The molecule has 0 bridgehead atoms. The third kappa shape index (κ3) is 3.36. The average Bonchev–Trinajstić information content (AvgIpc) is 2.94. The van der Waals surface area contributed by atoms with Gasteiger partial charge in [0.2, 0.25) is 11.9 Å². The van der Waals surface area contributed by atoms with Crippen molar-refractivity contribution in [2.75, 3.05) is 13.1 Å². The van der Waals surface area contributed by atoms with Gasteiger partial charge in [-0.2, -0.15) is 5.10 Å². The fraction of sp³-hybridized carbons (Fsp3) is 0.556. The van der Waals surface area contributed by atoms with Crippen LogP contribution in [0.2, 0.25) is 0 Å². The molecule has 2 aromatic heterocycles. The van der Waals surface area contributed by atoms with Crippen molar-refractivity contribution >= 4 is 5.91 Å². The van der Waals surface area contributed by atoms with Crippen molar-refractivity contribution in [3.05, 3.63) is 39.1 Å². The molecule has 25 heavy (non-hydrogen) atoms. The monoisotopic (exact) mass is 343 g/mol. The van der Waals surface area contributed by atoms with Gasteiger partial charge in [0.15, 0.2) is 0 Å². The minimum absolute atomic E-state index is 0.000629. The summed E-state index contributed by atoms with van der Waals surface area (Å²) in [6.45, 7) is 8.90. The van der Waals surface area contributed by atoms with Crippen molar-refractivity contribution < 1.29 is 4.79 Å². The third-order valence-electron chi connectivity index (χ3n) is 4.82. The number of amides is 1. The van der Waals surface area contributed by atoms with E-state index in [4.69, 9.17) is 0 Å². The third-order valence-corrected chi connectivity index (χ3v) is 4.82. The van der Waals surface area contributed by atoms with Gasteiger partial charge in [-0.25, -0.2) is 9.67 Å². The zero-order chi connectivity index (χ0) is 18.1. The van der Waals surface area contributed by atoms with Crippen LogP contribution in [-0.4, -0.2) is 43.2 Å². The molecule has 7 heteroatoms. The first-order valence-corrected chi connectivity index (χ1v) is 8.78. The normalized spacial score (nSPS) is 14.8. The summed E-state index contributed by atoms with van der Waals surface area (Å²) in [7, 11) is 0. The number of aryl methyl sites for hydroxylation is 3. The Labute approximate surface area is 147 Å². The molecule has 0 atom stereocenters. The molecule has 1 aliphatic rings. The van der Waals surface area contributed by atoms with Gasteiger partial charge >= 0.3 is 0 Å². The van der Waals surface area contributed by atoms with Crippen molar-refractivity contribution in [3.63, 3.8) is 0 Å². The Morgan fingerprint density at radius 3 is 2.40 bits per heavy atom. The number of nitrogens with zero attached hydrogens (tertiary/aromatic N) is 5. The van der Waals surface area contributed by atoms with E-state index < -0.39 is 0 Å². The maximum absolute atomic E-state index is 12.8. The summed E-state index contributed by atoms with van der Waals surface area (Å²) in [5, 5.41) is 4.44. The highest BCUT2D eigenvalue weighted by Crippen LogP contribution is 2.13. The highest BCUT2D eigenvalue weighted by Gasteiger charge is 2.21. The van der Waals surface area contributed by atoms with Gasteiger partial charge in [-0.15, -0.1) is 0 Å². The largest absolute Gasteiger partial charge is 0.341 e. The van der Waals surface area contributed by atoms with Gasteiger partial charge in [-0.1, -0.05) is 0 Å². The first-order chi connectivity index (χ1) is 11.9. The van der Waals surface area contributed by atoms with Crippen molar-refractivity contribution in [1.29, 1.82) is 0 Å². The number of piperidine rings is 1. The van der Waals surface area contributed by atoms with Crippen LogP contribution in [0.5, 0.6) is 0 Å². The molecule has 1 fully saturated rings. The second-order valence-electron chi connectivity index (χ2n) is 6.79. The van der Waals surface area contributed by atoms with Crippen LogP contribution in [0.1, 0.15) is 41.9 Å². The van der Waals surface area contributed by atoms with Crippen LogP contribution in [0, 0.1) is 27.7 Å². The summed E-state index contributed by atoms with van der Waals surface area (Å²) in [6.07, 6.45) is 3.21. The number of rotatable bonds is 3. The molecule has 0 spiro atoms. The van der Waals surface area contributed by atoms with Crippen molar-refractivity contribution in [3.8, 4) is 5.95 Å². The average molecular weight is 343 g/mol. The van der Waals surface area contributed by atoms with E-state index in [1.165, 1.54) is 4.57 Å². The molecule has 0 aromatic carbocycles. The summed E-state index contributed by atoms with van der Waals surface area (Å²) in [5.74, 6) is 0.374. The lowest BCUT2D eigenvalue weighted by Gasteiger charge is -2.27. The van der Waals surface area contributed by atoms with E-state index >= 15 is 0 Å². The SMILES string of the molecule is Cc1cc(C)n(-c2nc(C)c(C)c(=O)n2CC(=O)N2CCCCC2)n1. The standard InChI is InChI=1S/C18H25N5O2/c1-12-10-13(2)23(20-12)18-19-15(4)14(3)17(25)22(18)11-16(24)21-8-6-5-7-9-21/h10H,5-9,11H2,1-4H3. The second-order valence-corrected chi connectivity index (χ2v) is 6.79. The summed E-state index contributed by atoms with van der Waals surface area (Å²) >= 11 is 0. The molecule has 0 N–H and O–H groups in total. The minimum Gasteiger partial charge on any atom is -0.341 e. The Morgan fingerprint density at radius 2 is 1.80 bits per heavy atom. The summed E-state index contributed by atoms with van der Waals surface area (Å²) in [6, 6.07) is 1.93. The Morgan fingerprint density at radius 1 is 1.12 bits per heavy atom.